The summed E-state index contributed by atoms with van der Waals surface area (Å²) in [5, 5.41) is 0.771. The summed E-state index contributed by atoms with van der Waals surface area (Å²) >= 11 is 0. The van der Waals surface area contributed by atoms with E-state index < -0.39 is 0 Å². The molecule has 2 aromatic heterocycles. The number of anilines is 2. The molecule has 0 saturated heterocycles. The Morgan fingerprint density at radius 3 is 3.00 bits per heavy atom. The summed E-state index contributed by atoms with van der Waals surface area (Å²) in [7, 11) is 0. The van der Waals surface area contributed by atoms with Gasteiger partial charge in [0.15, 0.2) is 0 Å². The van der Waals surface area contributed by atoms with Crippen LogP contribution < -0.4 is 11.5 Å². The van der Waals surface area contributed by atoms with Crippen molar-refractivity contribution in [1.29, 1.82) is 0 Å². The highest BCUT2D eigenvalue weighted by molar-refractivity contribution is 5.91. The van der Waals surface area contributed by atoms with E-state index in [4.69, 9.17) is 20.9 Å². The molecule has 6 heteroatoms. The summed E-state index contributed by atoms with van der Waals surface area (Å²) in [5.41, 5.74) is 15.8. The zero-order valence-electron chi connectivity index (χ0n) is 14.9. The van der Waals surface area contributed by atoms with Gasteiger partial charge in [-0.25, -0.2) is 0 Å². The quantitative estimate of drug-likeness (QED) is 0.800. The van der Waals surface area contributed by atoms with Gasteiger partial charge in [0.05, 0.1) is 17.7 Å². The standard InChI is InChI=1S/C21H21N5O/c22-19-18-14(11-27-20(18)26-21(23)25-19)10-13-5-3-7-17-15(13)9-8-12-4-1-2-6-16(12)24-17/h1-6,8,11,13,15-16H,7,9-10H2,(H4,22,23,25,26). The van der Waals surface area contributed by atoms with Crippen LogP contribution in [0.2, 0.25) is 0 Å². The maximum Gasteiger partial charge on any atom is 0.233 e. The molecule has 6 nitrogen and oxygen atoms in total. The molecular weight excluding hydrogens is 338 g/mol. The molecule has 3 heterocycles. The van der Waals surface area contributed by atoms with Gasteiger partial charge in [0.1, 0.15) is 5.82 Å². The zero-order valence-corrected chi connectivity index (χ0v) is 14.9. The Morgan fingerprint density at radius 2 is 2.07 bits per heavy atom. The van der Waals surface area contributed by atoms with Crippen molar-refractivity contribution in [3.8, 4) is 0 Å². The van der Waals surface area contributed by atoms with Crippen molar-refractivity contribution < 1.29 is 4.42 Å². The lowest BCUT2D eigenvalue weighted by atomic mass is 9.77. The van der Waals surface area contributed by atoms with Crippen LogP contribution in [0.4, 0.5) is 11.8 Å². The number of aromatic nitrogens is 2. The first-order chi connectivity index (χ1) is 13.2. The molecule has 0 amide bonds. The fraction of sp³-hybridized carbons (Fsp3) is 0.286. The Hall–Kier alpha value is -3.15. The van der Waals surface area contributed by atoms with E-state index in [2.05, 4.69) is 52.5 Å². The van der Waals surface area contributed by atoms with Crippen LogP contribution in [0.1, 0.15) is 18.4 Å². The number of nitrogens with zero attached hydrogens (tertiary/aromatic N) is 3. The van der Waals surface area contributed by atoms with Crippen LogP contribution in [0, 0.1) is 11.8 Å². The minimum absolute atomic E-state index is 0.131. The van der Waals surface area contributed by atoms with Crippen LogP contribution in [-0.2, 0) is 6.42 Å². The minimum atomic E-state index is 0.131. The molecular formula is C21H21N5O. The molecule has 1 aliphatic heterocycles. The first-order valence-electron chi connectivity index (χ1n) is 9.26. The molecule has 4 N–H and O–H groups in total. The lowest BCUT2D eigenvalue weighted by molar-refractivity contribution is 0.488. The van der Waals surface area contributed by atoms with E-state index in [9.17, 15) is 0 Å². The zero-order chi connectivity index (χ0) is 18.4. The summed E-state index contributed by atoms with van der Waals surface area (Å²) in [6, 6.07) is 0.156. The van der Waals surface area contributed by atoms with Crippen LogP contribution in [0.25, 0.3) is 11.1 Å². The second-order valence-electron chi connectivity index (χ2n) is 7.26. The molecule has 27 heavy (non-hydrogen) atoms. The van der Waals surface area contributed by atoms with E-state index >= 15 is 0 Å². The van der Waals surface area contributed by atoms with E-state index in [1.54, 1.807) is 6.26 Å². The third-order valence-corrected chi connectivity index (χ3v) is 5.61. The lowest BCUT2D eigenvalue weighted by Gasteiger charge is -2.28. The molecule has 0 bridgehead atoms. The number of allylic oxidation sites excluding steroid dienone is 5. The lowest BCUT2D eigenvalue weighted by Crippen LogP contribution is -2.27. The van der Waals surface area contributed by atoms with Gasteiger partial charge >= 0.3 is 0 Å². The SMILES string of the molecule is Nc1nc(N)c2c(CC3C=CCC4=NC5C=CC=CC5=CCC43)coc2n1. The van der Waals surface area contributed by atoms with Gasteiger partial charge in [-0.1, -0.05) is 42.5 Å². The summed E-state index contributed by atoms with van der Waals surface area (Å²) < 4.78 is 5.59. The predicted octanol–water partition coefficient (Wildman–Crippen LogP) is 3.39. The second-order valence-corrected chi connectivity index (χ2v) is 7.26. The van der Waals surface area contributed by atoms with Gasteiger partial charge in [-0.05, 0) is 24.3 Å². The molecule has 0 spiro atoms. The maximum absolute atomic E-state index is 6.09. The van der Waals surface area contributed by atoms with Gasteiger partial charge in [-0.15, -0.1) is 0 Å². The van der Waals surface area contributed by atoms with E-state index in [1.807, 2.05) is 0 Å². The van der Waals surface area contributed by atoms with Crippen LogP contribution in [0.15, 0.2) is 63.8 Å². The van der Waals surface area contributed by atoms with Gasteiger partial charge in [0, 0.05) is 23.6 Å². The van der Waals surface area contributed by atoms with Gasteiger partial charge in [0.2, 0.25) is 11.7 Å². The summed E-state index contributed by atoms with van der Waals surface area (Å²) in [5.74, 6) is 1.22. The van der Waals surface area contributed by atoms with E-state index in [-0.39, 0.29) is 12.0 Å². The average molecular weight is 359 g/mol. The van der Waals surface area contributed by atoms with Crippen molar-refractivity contribution in [1.82, 2.24) is 9.97 Å². The van der Waals surface area contributed by atoms with Crippen molar-refractivity contribution >= 4 is 28.6 Å². The van der Waals surface area contributed by atoms with Gasteiger partial charge in [-0.3, -0.25) is 4.99 Å². The Morgan fingerprint density at radius 1 is 1.15 bits per heavy atom. The second kappa shape index (κ2) is 6.23. The summed E-state index contributed by atoms with van der Waals surface area (Å²) in [6.07, 6.45) is 19.8. The van der Waals surface area contributed by atoms with Crippen LogP contribution in [0.5, 0.6) is 0 Å². The number of fused-ring (bicyclic) bond motifs is 3. The molecule has 2 aliphatic carbocycles. The monoisotopic (exact) mass is 359 g/mol. The van der Waals surface area contributed by atoms with Crippen molar-refractivity contribution in [3.63, 3.8) is 0 Å². The number of nitrogen functional groups attached to an aromatic ring is 2. The maximum atomic E-state index is 6.09. The minimum Gasteiger partial charge on any atom is -0.446 e. The number of rotatable bonds is 2. The molecule has 3 aliphatic rings. The predicted molar refractivity (Wildman–Crippen MR) is 107 cm³/mol. The van der Waals surface area contributed by atoms with Gasteiger partial charge in [-0.2, -0.15) is 9.97 Å². The van der Waals surface area contributed by atoms with E-state index in [0.717, 1.165) is 30.2 Å². The third kappa shape index (κ3) is 2.77. The largest absolute Gasteiger partial charge is 0.446 e. The van der Waals surface area contributed by atoms with Crippen LogP contribution >= 0.6 is 0 Å². The molecule has 3 unspecified atom stereocenters. The number of furan rings is 1. The van der Waals surface area contributed by atoms with Crippen molar-refractivity contribution in [2.45, 2.75) is 25.3 Å². The van der Waals surface area contributed by atoms with Crippen LogP contribution in [0.3, 0.4) is 0 Å². The number of hydrogen-bond donors (Lipinski definition) is 2. The fourth-order valence-corrected chi connectivity index (χ4v) is 4.31. The highest BCUT2D eigenvalue weighted by Gasteiger charge is 2.30. The Kier molecular flexibility index (Phi) is 3.70. The van der Waals surface area contributed by atoms with Gasteiger partial charge < -0.3 is 15.9 Å². The topological polar surface area (TPSA) is 103 Å². The first kappa shape index (κ1) is 16.1. The molecule has 0 saturated carbocycles. The Balaban J connectivity index is 1.49. The molecule has 2 aromatic rings. The molecule has 0 radical (unpaired) electrons. The molecule has 5 rings (SSSR count). The molecule has 0 fully saturated rings. The third-order valence-electron chi connectivity index (χ3n) is 5.61. The normalized spacial score (nSPS) is 26.3. The smallest absolute Gasteiger partial charge is 0.233 e. The van der Waals surface area contributed by atoms with Crippen LogP contribution in [-0.4, -0.2) is 21.7 Å². The number of aliphatic imine (C=N–C) groups is 1. The molecule has 136 valence electrons. The molecule has 3 atom stereocenters. The molecule has 0 aromatic carbocycles. The van der Waals surface area contributed by atoms with E-state index in [0.29, 0.717) is 23.4 Å². The Labute approximate surface area is 157 Å². The fourth-order valence-electron chi connectivity index (χ4n) is 4.31. The first-order valence-corrected chi connectivity index (χ1v) is 9.26. The van der Waals surface area contributed by atoms with E-state index in [1.165, 1.54) is 11.3 Å². The van der Waals surface area contributed by atoms with Crippen molar-refractivity contribution in [2.24, 2.45) is 16.8 Å². The highest BCUT2D eigenvalue weighted by atomic mass is 16.3. The van der Waals surface area contributed by atoms with Crippen molar-refractivity contribution in [3.05, 3.63) is 59.9 Å². The summed E-state index contributed by atoms with van der Waals surface area (Å²) in [6.45, 7) is 0. The Bertz CT molecular complexity index is 1060. The number of hydrogen-bond acceptors (Lipinski definition) is 6. The van der Waals surface area contributed by atoms with Crippen molar-refractivity contribution in [2.75, 3.05) is 11.5 Å². The highest BCUT2D eigenvalue weighted by Crippen LogP contribution is 2.36. The number of nitrogens with two attached hydrogens (primary N) is 2. The van der Waals surface area contributed by atoms with Gasteiger partial charge in [0.25, 0.3) is 0 Å². The average Bonchev–Trinajstić information content (AvgIpc) is 2.94. The summed E-state index contributed by atoms with van der Waals surface area (Å²) in [4.78, 5) is 13.3.